The molecule has 0 spiro atoms. The number of amides is 1. The minimum absolute atomic E-state index is 0.472. The molecule has 122 valence electrons. The van der Waals surface area contributed by atoms with Crippen LogP contribution in [0.2, 0.25) is 5.02 Å². The van der Waals surface area contributed by atoms with E-state index in [1.807, 2.05) is 0 Å². The third-order valence-corrected chi connectivity index (χ3v) is 3.34. The van der Waals surface area contributed by atoms with Crippen LogP contribution in [0.15, 0.2) is 41.3 Å². The molecule has 1 aromatic heterocycles. The van der Waals surface area contributed by atoms with Crippen molar-refractivity contribution in [2.45, 2.75) is 19.6 Å². The van der Waals surface area contributed by atoms with Crippen LogP contribution < -0.4 is 10.9 Å². The van der Waals surface area contributed by atoms with E-state index >= 15 is 0 Å². The first-order valence-corrected chi connectivity index (χ1v) is 6.89. The normalized spacial score (nSPS) is 11.3. The Balaban J connectivity index is 2.20. The van der Waals surface area contributed by atoms with Gasteiger partial charge in [-0.1, -0.05) is 11.6 Å². The summed E-state index contributed by atoms with van der Waals surface area (Å²) in [5.74, 6) is -0.614. The van der Waals surface area contributed by atoms with Crippen molar-refractivity contribution in [1.82, 2.24) is 4.57 Å². The van der Waals surface area contributed by atoms with Gasteiger partial charge in [0, 0.05) is 16.9 Å². The molecule has 0 fully saturated rings. The molecule has 1 heterocycles. The topological polar surface area (TPSA) is 51.1 Å². The number of carbonyl (C=O) groups excluding carboxylic acids is 1. The molecule has 0 aliphatic carbocycles. The summed E-state index contributed by atoms with van der Waals surface area (Å²) < 4.78 is 38.7. The Labute approximate surface area is 134 Å². The standard InChI is InChI=1S/C15H12ClF3N2O2/c1-9-7-10(16)4-5-12(9)20-13(22)8-21-6-2-3-11(14(21)23)15(17,18)19/h2-7H,8H2,1H3,(H,20,22). The molecule has 0 unspecified atom stereocenters. The summed E-state index contributed by atoms with van der Waals surface area (Å²) in [6, 6.07) is 6.53. The predicted octanol–water partition coefficient (Wildman–Crippen LogP) is 3.47. The maximum absolute atomic E-state index is 12.7. The largest absolute Gasteiger partial charge is 0.421 e. The van der Waals surface area contributed by atoms with E-state index in [4.69, 9.17) is 11.6 Å². The zero-order chi connectivity index (χ0) is 17.2. The minimum Gasteiger partial charge on any atom is -0.324 e. The summed E-state index contributed by atoms with van der Waals surface area (Å²) in [6.07, 6.45) is -3.63. The molecular weight excluding hydrogens is 333 g/mol. The Bertz CT molecular complexity index is 800. The third kappa shape index (κ3) is 4.13. The van der Waals surface area contributed by atoms with Gasteiger partial charge in [-0.15, -0.1) is 0 Å². The van der Waals surface area contributed by atoms with Gasteiger partial charge in [-0.2, -0.15) is 13.2 Å². The number of nitrogens with one attached hydrogen (secondary N) is 1. The maximum Gasteiger partial charge on any atom is 0.421 e. The van der Waals surface area contributed by atoms with Crippen LogP contribution in [0.25, 0.3) is 0 Å². The minimum atomic E-state index is -4.76. The van der Waals surface area contributed by atoms with E-state index in [2.05, 4.69) is 5.32 Å². The van der Waals surface area contributed by atoms with Gasteiger partial charge in [0.15, 0.2) is 0 Å². The molecular formula is C15H12ClF3N2O2. The molecule has 0 aliphatic heterocycles. The fourth-order valence-corrected chi connectivity index (χ4v) is 2.22. The van der Waals surface area contributed by atoms with Gasteiger partial charge < -0.3 is 9.88 Å². The molecule has 0 radical (unpaired) electrons. The van der Waals surface area contributed by atoms with Gasteiger partial charge in [0.2, 0.25) is 5.91 Å². The Morgan fingerprint density at radius 1 is 1.30 bits per heavy atom. The van der Waals surface area contributed by atoms with Crippen LogP contribution in [0.1, 0.15) is 11.1 Å². The predicted molar refractivity (Wildman–Crippen MR) is 80.5 cm³/mol. The van der Waals surface area contributed by atoms with E-state index < -0.39 is 29.8 Å². The fourth-order valence-electron chi connectivity index (χ4n) is 1.99. The number of benzene rings is 1. The van der Waals surface area contributed by atoms with E-state index in [0.717, 1.165) is 12.3 Å². The monoisotopic (exact) mass is 344 g/mol. The van der Waals surface area contributed by atoms with Crippen LogP contribution >= 0.6 is 11.6 Å². The van der Waals surface area contributed by atoms with Gasteiger partial charge in [0.05, 0.1) is 0 Å². The first-order chi connectivity index (χ1) is 10.7. The van der Waals surface area contributed by atoms with Crippen LogP contribution in [0.4, 0.5) is 18.9 Å². The second kappa shape index (κ2) is 6.45. The number of halogens is 4. The molecule has 0 bridgehead atoms. The Morgan fingerprint density at radius 2 is 2.00 bits per heavy atom. The van der Waals surface area contributed by atoms with E-state index in [-0.39, 0.29) is 0 Å². The second-order valence-electron chi connectivity index (χ2n) is 4.86. The van der Waals surface area contributed by atoms with Crippen LogP contribution in [-0.2, 0) is 17.5 Å². The Kier molecular flexibility index (Phi) is 4.79. The quantitative estimate of drug-likeness (QED) is 0.927. The number of pyridine rings is 1. The van der Waals surface area contributed by atoms with E-state index in [1.165, 1.54) is 0 Å². The van der Waals surface area contributed by atoms with Crippen molar-refractivity contribution in [3.05, 3.63) is 63.0 Å². The number of hydrogen-bond acceptors (Lipinski definition) is 2. The van der Waals surface area contributed by atoms with Crippen molar-refractivity contribution in [1.29, 1.82) is 0 Å². The molecule has 0 aliphatic rings. The summed E-state index contributed by atoms with van der Waals surface area (Å²) in [4.78, 5) is 23.7. The van der Waals surface area contributed by atoms with Crippen molar-refractivity contribution < 1.29 is 18.0 Å². The molecule has 1 amide bonds. The number of aromatic nitrogens is 1. The van der Waals surface area contributed by atoms with Crippen molar-refractivity contribution in [3.8, 4) is 0 Å². The summed E-state index contributed by atoms with van der Waals surface area (Å²) in [5, 5.41) is 3.03. The number of alkyl halides is 3. The highest BCUT2D eigenvalue weighted by molar-refractivity contribution is 6.30. The lowest BCUT2D eigenvalue weighted by molar-refractivity contribution is -0.139. The van der Waals surface area contributed by atoms with Gasteiger partial charge in [0.1, 0.15) is 12.1 Å². The van der Waals surface area contributed by atoms with Gasteiger partial charge in [0.25, 0.3) is 5.56 Å². The average Bonchev–Trinajstić information content (AvgIpc) is 2.43. The van der Waals surface area contributed by atoms with Gasteiger partial charge >= 0.3 is 6.18 Å². The average molecular weight is 345 g/mol. The molecule has 2 rings (SSSR count). The van der Waals surface area contributed by atoms with Gasteiger partial charge in [-0.25, -0.2) is 0 Å². The van der Waals surface area contributed by atoms with Crippen LogP contribution in [-0.4, -0.2) is 10.5 Å². The third-order valence-electron chi connectivity index (χ3n) is 3.10. The lowest BCUT2D eigenvalue weighted by Gasteiger charge is -2.12. The Morgan fingerprint density at radius 3 is 2.61 bits per heavy atom. The maximum atomic E-state index is 12.7. The summed E-state index contributed by atoms with van der Waals surface area (Å²) in [6.45, 7) is 1.20. The highest BCUT2D eigenvalue weighted by atomic mass is 35.5. The van der Waals surface area contributed by atoms with Gasteiger partial charge in [-0.3, -0.25) is 9.59 Å². The number of anilines is 1. The number of carbonyl (C=O) groups is 1. The Hall–Kier alpha value is -2.28. The fraction of sp³-hybridized carbons (Fsp3) is 0.200. The second-order valence-corrected chi connectivity index (χ2v) is 5.30. The zero-order valence-electron chi connectivity index (χ0n) is 11.9. The van der Waals surface area contributed by atoms with Crippen molar-refractivity contribution in [3.63, 3.8) is 0 Å². The molecule has 1 aromatic carbocycles. The van der Waals surface area contributed by atoms with Crippen LogP contribution in [0, 0.1) is 6.92 Å². The van der Waals surface area contributed by atoms with Gasteiger partial charge in [-0.05, 0) is 42.8 Å². The molecule has 0 atom stereocenters. The molecule has 23 heavy (non-hydrogen) atoms. The van der Waals surface area contributed by atoms with E-state index in [1.54, 1.807) is 25.1 Å². The van der Waals surface area contributed by atoms with E-state index in [0.29, 0.717) is 26.9 Å². The van der Waals surface area contributed by atoms with Crippen molar-refractivity contribution in [2.24, 2.45) is 0 Å². The van der Waals surface area contributed by atoms with Crippen LogP contribution in [0.5, 0.6) is 0 Å². The lowest BCUT2D eigenvalue weighted by atomic mass is 10.2. The first-order valence-electron chi connectivity index (χ1n) is 6.51. The molecule has 8 heteroatoms. The van der Waals surface area contributed by atoms with Crippen molar-refractivity contribution in [2.75, 3.05) is 5.32 Å². The number of nitrogens with zero attached hydrogens (tertiary/aromatic N) is 1. The summed E-state index contributed by atoms with van der Waals surface area (Å²) in [5.41, 5.74) is -1.40. The summed E-state index contributed by atoms with van der Waals surface area (Å²) >= 11 is 5.80. The number of rotatable bonds is 3. The SMILES string of the molecule is Cc1cc(Cl)ccc1NC(=O)Cn1cccc(C(F)(F)F)c1=O. The lowest BCUT2D eigenvalue weighted by Crippen LogP contribution is -2.32. The van der Waals surface area contributed by atoms with Crippen molar-refractivity contribution >= 4 is 23.2 Å². The zero-order valence-corrected chi connectivity index (χ0v) is 12.7. The summed E-state index contributed by atoms with van der Waals surface area (Å²) in [7, 11) is 0. The highest BCUT2D eigenvalue weighted by Gasteiger charge is 2.34. The highest BCUT2D eigenvalue weighted by Crippen LogP contribution is 2.26. The number of aryl methyl sites for hydroxylation is 1. The van der Waals surface area contributed by atoms with Crippen LogP contribution in [0.3, 0.4) is 0 Å². The molecule has 0 saturated carbocycles. The van der Waals surface area contributed by atoms with E-state index in [9.17, 15) is 22.8 Å². The molecule has 0 saturated heterocycles. The molecule has 4 nitrogen and oxygen atoms in total. The number of hydrogen-bond donors (Lipinski definition) is 1. The smallest absolute Gasteiger partial charge is 0.324 e. The molecule has 1 N–H and O–H groups in total. The molecule has 2 aromatic rings. The first kappa shape index (κ1) is 17.1.